The number of methoxy groups -OCH3 is 1. The summed E-state index contributed by atoms with van der Waals surface area (Å²) in [6.07, 6.45) is 0. The van der Waals surface area contributed by atoms with Crippen molar-refractivity contribution in [1.29, 1.82) is 0 Å². The number of hydrogen-bond donors (Lipinski definition) is 2. The zero-order valence-electron chi connectivity index (χ0n) is 14.3. The minimum atomic E-state index is -0.435. The first-order valence-electron chi connectivity index (χ1n) is 8.18. The molecule has 0 aliphatic heterocycles. The van der Waals surface area contributed by atoms with E-state index in [-0.39, 0.29) is 11.5 Å². The molecule has 2 N–H and O–H groups in total. The number of carbonyl (C=O) groups excluding carboxylic acids is 1. The van der Waals surface area contributed by atoms with Gasteiger partial charge in [0.25, 0.3) is 5.91 Å². The smallest absolute Gasteiger partial charge is 0.255 e. The van der Waals surface area contributed by atoms with Crippen molar-refractivity contribution in [3.8, 4) is 5.75 Å². The molecule has 3 rings (SSSR count). The highest BCUT2D eigenvalue weighted by atomic mass is 19.1. The molecule has 4 nitrogen and oxygen atoms in total. The van der Waals surface area contributed by atoms with E-state index in [0.717, 1.165) is 17.0 Å². The SMILES string of the molecule is COc1ccc(CNc2ccc(NC(=O)c3cccc(F)c3)cc2)cc1. The Balaban J connectivity index is 1.56. The normalized spacial score (nSPS) is 10.2. The zero-order valence-corrected chi connectivity index (χ0v) is 14.3. The third kappa shape index (κ3) is 4.60. The topological polar surface area (TPSA) is 50.4 Å². The largest absolute Gasteiger partial charge is 0.497 e. The van der Waals surface area contributed by atoms with Crippen molar-refractivity contribution < 1.29 is 13.9 Å². The van der Waals surface area contributed by atoms with Crippen molar-refractivity contribution in [2.24, 2.45) is 0 Å². The number of anilines is 2. The molecule has 0 atom stereocenters. The second kappa shape index (κ2) is 8.16. The fourth-order valence-corrected chi connectivity index (χ4v) is 2.45. The van der Waals surface area contributed by atoms with Crippen LogP contribution in [-0.4, -0.2) is 13.0 Å². The van der Waals surface area contributed by atoms with Crippen LogP contribution in [0.2, 0.25) is 0 Å². The molecule has 5 heteroatoms. The fraction of sp³-hybridized carbons (Fsp3) is 0.0952. The third-order valence-corrected chi connectivity index (χ3v) is 3.89. The molecule has 0 bridgehead atoms. The van der Waals surface area contributed by atoms with Gasteiger partial charge in [-0.3, -0.25) is 4.79 Å². The Kier molecular flexibility index (Phi) is 5.49. The van der Waals surface area contributed by atoms with E-state index in [2.05, 4.69) is 10.6 Å². The number of ether oxygens (including phenoxy) is 1. The Bertz CT molecular complexity index is 877. The summed E-state index contributed by atoms with van der Waals surface area (Å²) in [6.45, 7) is 0.680. The van der Waals surface area contributed by atoms with E-state index in [0.29, 0.717) is 12.2 Å². The van der Waals surface area contributed by atoms with Gasteiger partial charge in [-0.15, -0.1) is 0 Å². The van der Waals surface area contributed by atoms with E-state index in [1.54, 1.807) is 25.3 Å². The van der Waals surface area contributed by atoms with Crippen LogP contribution < -0.4 is 15.4 Å². The molecule has 1 amide bonds. The van der Waals surface area contributed by atoms with Crippen molar-refractivity contribution in [2.75, 3.05) is 17.7 Å². The highest BCUT2D eigenvalue weighted by Gasteiger charge is 2.06. The molecule has 3 aromatic rings. The summed E-state index contributed by atoms with van der Waals surface area (Å²) in [7, 11) is 1.64. The van der Waals surface area contributed by atoms with E-state index < -0.39 is 5.82 Å². The van der Waals surface area contributed by atoms with E-state index in [9.17, 15) is 9.18 Å². The monoisotopic (exact) mass is 350 g/mol. The van der Waals surface area contributed by atoms with E-state index in [1.165, 1.54) is 18.2 Å². The van der Waals surface area contributed by atoms with Crippen LogP contribution in [0.3, 0.4) is 0 Å². The first-order valence-corrected chi connectivity index (χ1v) is 8.18. The number of nitrogens with one attached hydrogen (secondary N) is 2. The number of halogens is 1. The van der Waals surface area contributed by atoms with Gasteiger partial charge in [-0.2, -0.15) is 0 Å². The summed E-state index contributed by atoms with van der Waals surface area (Å²) in [5, 5.41) is 6.07. The predicted molar refractivity (Wildman–Crippen MR) is 101 cm³/mol. The number of benzene rings is 3. The molecule has 3 aromatic carbocycles. The average molecular weight is 350 g/mol. The quantitative estimate of drug-likeness (QED) is 0.677. The molecule has 0 aromatic heterocycles. The maximum Gasteiger partial charge on any atom is 0.255 e. The minimum Gasteiger partial charge on any atom is -0.497 e. The van der Waals surface area contributed by atoms with Gasteiger partial charge in [0.1, 0.15) is 11.6 Å². The number of rotatable bonds is 6. The molecule has 0 aliphatic rings. The highest BCUT2D eigenvalue weighted by Crippen LogP contribution is 2.17. The number of hydrogen-bond acceptors (Lipinski definition) is 3. The molecule has 0 spiro atoms. The Morgan fingerprint density at radius 1 is 0.962 bits per heavy atom. The average Bonchev–Trinajstić information content (AvgIpc) is 2.68. The van der Waals surface area contributed by atoms with Crippen LogP contribution in [0.25, 0.3) is 0 Å². The van der Waals surface area contributed by atoms with Gasteiger partial charge in [0, 0.05) is 23.5 Å². The highest BCUT2D eigenvalue weighted by molar-refractivity contribution is 6.04. The van der Waals surface area contributed by atoms with Crippen LogP contribution in [-0.2, 0) is 6.54 Å². The summed E-state index contributed by atoms with van der Waals surface area (Å²) in [4.78, 5) is 12.1. The van der Waals surface area contributed by atoms with Crippen molar-refractivity contribution in [1.82, 2.24) is 0 Å². The Morgan fingerprint density at radius 3 is 2.31 bits per heavy atom. The van der Waals surface area contributed by atoms with Crippen LogP contribution in [0.5, 0.6) is 5.75 Å². The first-order chi connectivity index (χ1) is 12.6. The molecular formula is C21H19FN2O2. The predicted octanol–water partition coefficient (Wildman–Crippen LogP) is 4.70. The molecule has 0 fully saturated rings. The summed E-state index contributed by atoms with van der Waals surface area (Å²) < 4.78 is 18.3. The van der Waals surface area contributed by atoms with Crippen molar-refractivity contribution in [2.45, 2.75) is 6.54 Å². The van der Waals surface area contributed by atoms with E-state index in [1.807, 2.05) is 36.4 Å². The molecule has 0 heterocycles. The van der Waals surface area contributed by atoms with Crippen LogP contribution >= 0.6 is 0 Å². The van der Waals surface area contributed by atoms with E-state index in [4.69, 9.17) is 4.74 Å². The van der Waals surface area contributed by atoms with Gasteiger partial charge in [0.05, 0.1) is 7.11 Å². The maximum atomic E-state index is 13.2. The molecular weight excluding hydrogens is 331 g/mol. The van der Waals surface area contributed by atoms with Gasteiger partial charge in [0.2, 0.25) is 0 Å². The first kappa shape index (κ1) is 17.5. The lowest BCUT2D eigenvalue weighted by Crippen LogP contribution is -2.12. The second-order valence-corrected chi connectivity index (χ2v) is 5.74. The van der Waals surface area contributed by atoms with Crippen molar-refractivity contribution >= 4 is 17.3 Å². The summed E-state index contributed by atoms with van der Waals surface area (Å²) in [6, 6.07) is 20.8. The maximum absolute atomic E-state index is 13.2. The zero-order chi connectivity index (χ0) is 18.4. The van der Waals surface area contributed by atoms with Crippen LogP contribution in [0.4, 0.5) is 15.8 Å². The summed E-state index contributed by atoms with van der Waals surface area (Å²) in [5.74, 6) is 0.0475. The van der Waals surface area contributed by atoms with Crippen LogP contribution in [0, 0.1) is 5.82 Å². The summed E-state index contributed by atoms with van der Waals surface area (Å²) >= 11 is 0. The standard InChI is InChI=1S/C21H19FN2O2/c1-26-20-11-5-15(6-12-20)14-23-18-7-9-19(10-8-18)24-21(25)16-3-2-4-17(22)13-16/h2-13,23H,14H2,1H3,(H,24,25). The lowest BCUT2D eigenvalue weighted by molar-refractivity contribution is 0.102. The fourth-order valence-electron chi connectivity index (χ4n) is 2.45. The molecule has 0 aliphatic carbocycles. The van der Waals surface area contributed by atoms with Gasteiger partial charge < -0.3 is 15.4 Å². The van der Waals surface area contributed by atoms with Crippen LogP contribution in [0.15, 0.2) is 72.8 Å². The van der Waals surface area contributed by atoms with E-state index >= 15 is 0 Å². The van der Waals surface area contributed by atoms with Gasteiger partial charge in [0.15, 0.2) is 0 Å². The lowest BCUT2D eigenvalue weighted by atomic mass is 10.2. The molecule has 132 valence electrons. The van der Waals surface area contributed by atoms with Crippen molar-refractivity contribution in [3.05, 3.63) is 89.7 Å². The summed E-state index contributed by atoms with van der Waals surface area (Å²) in [5.41, 5.74) is 3.00. The van der Waals surface area contributed by atoms with Gasteiger partial charge >= 0.3 is 0 Å². The number of amides is 1. The Hall–Kier alpha value is -3.34. The van der Waals surface area contributed by atoms with Gasteiger partial charge in [-0.1, -0.05) is 18.2 Å². The minimum absolute atomic E-state index is 0.284. The number of carbonyl (C=O) groups is 1. The van der Waals surface area contributed by atoms with Crippen molar-refractivity contribution in [3.63, 3.8) is 0 Å². The Labute approximate surface area is 151 Å². The Morgan fingerprint density at radius 2 is 1.65 bits per heavy atom. The van der Waals surface area contributed by atoms with Crippen LogP contribution in [0.1, 0.15) is 15.9 Å². The van der Waals surface area contributed by atoms with Gasteiger partial charge in [-0.25, -0.2) is 4.39 Å². The molecule has 0 saturated heterocycles. The lowest BCUT2D eigenvalue weighted by Gasteiger charge is -2.09. The molecule has 26 heavy (non-hydrogen) atoms. The van der Waals surface area contributed by atoms with Gasteiger partial charge in [-0.05, 0) is 60.2 Å². The third-order valence-electron chi connectivity index (χ3n) is 3.89. The molecule has 0 radical (unpaired) electrons. The molecule has 0 unspecified atom stereocenters. The second-order valence-electron chi connectivity index (χ2n) is 5.74. The molecule has 0 saturated carbocycles.